The molecule has 7 nitrogen and oxygen atoms in total. The standard InChI is InChI=1S/C15H18N4O3/c1-17-14(20)13(16-18(2)15(17)21)19-9-8-12(10-19)22-11-6-4-3-5-7-11/h3-7,12H,8-10H2,1-2H3. The highest BCUT2D eigenvalue weighted by molar-refractivity contribution is 5.37. The summed E-state index contributed by atoms with van der Waals surface area (Å²) in [5.74, 6) is 1.11. The highest BCUT2D eigenvalue weighted by Gasteiger charge is 2.27. The van der Waals surface area contributed by atoms with Crippen LogP contribution < -0.4 is 20.9 Å². The Kier molecular flexibility index (Phi) is 3.70. The molecule has 0 bridgehead atoms. The number of hydrogen-bond acceptors (Lipinski definition) is 5. The molecule has 1 saturated heterocycles. The molecule has 0 aliphatic carbocycles. The van der Waals surface area contributed by atoms with Crippen LogP contribution in [-0.2, 0) is 14.1 Å². The van der Waals surface area contributed by atoms with Crippen molar-refractivity contribution in [2.24, 2.45) is 14.1 Å². The zero-order valence-electron chi connectivity index (χ0n) is 12.6. The third kappa shape index (κ3) is 2.61. The van der Waals surface area contributed by atoms with Crippen LogP contribution >= 0.6 is 0 Å². The van der Waals surface area contributed by atoms with Crippen LogP contribution in [0.1, 0.15) is 6.42 Å². The van der Waals surface area contributed by atoms with Crippen LogP contribution in [0.25, 0.3) is 0 Å². The van der Waals surface area contributed by atoms with Crippen molar-refractivity contribution in [3.63, 3.8) is 0 Å². The third-order valence-electron chi connectivity index (χ3n) is 3.79. The van der Waals surface area contributed by atoms with Gasteiger partial charge in [-0.2, -0.15) is 0 Å². The molecule has 22 heavy (non-hydrogen) atoms. The van der Waals surface area contributed by atoms with Gasteiger partial charge in [-0.05, 0) is 12.1 Å². The number of hydrogen-bond donors (Lipinski definition) is 0. The van der Waals surface area contributed by atoms with Crippen molar-refractivity contribution in [1.82, 2.24) is 14.3 Å². The summed E-state index contributed by atoms with van der Waals surface area (Å²) in [4.78, 5) is 25.8. The van der Waals surface area contributed by atoms with Crippen LogP contribution in [0, 0.1) is 0 Å². The first kappa shape index (κ1) is 14.4. The highest BCUT2D eigenvalue weighted by Crippen LogP contribution is 2.19. The molecule has 1 aromatic heterocycles. The zero-order valence-corrected chi connectivity index (χ0v) is 12.6. The first-order valence-corrected chi connectivity index (χ1v) is 7.17. The Morgan fingerprint density at radius 2 is 1.91 bits per heavy atom. The molecule has 1 unspecified atom stereocenters. The molecule has 2 heterocycles. The lowest BCUT2D eigenvalue weighted by atomic mass is 10.3. The molecular weight excluding hydrogens is 284 g/mol. The van der Waals surface area contributed by atoms with Crippen LogP contribution in [0.4, 0.5) is 5.82 Å². The average Bonchev–Trinajstić information content (AvgIpc) is 2.98. The molecular formula is C15H18N4O3. The maximum atomic E-state index is 12.2. The second-order valence-corrected chi connectivity index (χ2v) is 5.38. The molecule has 1 aliphatic heterocycles. The van der Waals surface area contributed by atoms with Gasteiger partial charge in [0, 0.05) is 27.1 Å². The largest absolute Gasteiger partial charge is 0.489 e. The van der Waals surface area contributed by atoms with E-state index in [9.17, 15) is 9.59 Å². The van der Waals surface area contributed by atoms with Crippen molar-refractivity contribution in [3.8, 4) is 5.75 Å². The number of benzene rings is 1. The van der Waals surface area contributed by atoms with Crippen molar-refractivity contribution in [2.45, 2.75) is 12.5 Å². The monoisotopic (exact) mass is 302 g/mol. The molecule has 0 spiro atoms. The first-order valence-electron chi connectivity index (χ1n) is 7.17. The average molecular weight is 302 g/mol. The number of para-hydroxylation sites is 1. The zero-order chi connectivity index (χ0) is 15.7. The molecule has 0 radical (unpaired) electrons. The van der Waals surface area contributed by atoms with E-state index in [-0.39, 0.29) is 11.7 Å². The Morgan fingerprint density at radius 1 is 1.18 bits per heavy atom. The molecule has 1 fully saturated rings. The number of anilines is 1. The van der Waals surface area contributed by atoms with Gasteiger partial charge in [-0.1, -0.05) is 18.2 Å². The van der Waals surface area contributed by atoms with E-state index >= 15 is 0 Å². The number of nitrogens with zero attached hydrogens (tertiary/aromatic N) is 4. The molecule has 116 valence electrons. The van der Waals surface area contributed by atoms with Crippen LogP contribution in [-0.4, -0.2) is 33.5 Å². The van der Waals surface area contributed by atoms with Gasteiger partial charge in [0.1, 0.15) is 11.9 Å². The van der Waals surface area contributed by atoms with Gasteiger partial charge in [0.15, 0.2) is 0 Å². The van der Waals surface area contributed by atoms with Crippen molar-refractivity contribution in [1.29, 1.82) is 0 Å². The second-order valence-electron chi connectivity index (χ2n) is 5.38. The topological polar surface area (TPSA) is 69.4 Å². The Bertz CT molecular complexity index is 782. The minimum atomic E-state index is -0.426. The Hall–Kier alpha value is -2.57. The predicted molar refractivity (Wildman–Crippen MR) is 82.4 cm³/mol. The number of aromatic nitrogens is 3. The molecule has 3 rings (SSSR count). The summed E-state index contributed by atoms with van der Waals surface area (Å²) in [5, 5.41) is 4.10. The lowest BCUT2D eigenvalue weighted by Crippen LogP contribution is -2.43. The van der Waals surface area contributed by atoms with Gasteiger partial charge >= 0.3 is 5.69 Å². The number of ether oxygens (including phenoxy) is 1. The quantitative estimate of drug-likeness (QED) is 0.806. The predicted octanol–water partition coefficient (Wildman–Crippen LogP) is 0.137. The summed E-state index contributed by atoms with van der Waals surface area (Å²) in [6, 6.07) is 9.60. The Balaban J connectivity index is 1.79. The van der Waals surface area contributed by atoms with Crippen LogP contribution in [0.15, 0.2) is 39.9 Å². The van der Waals surface area contributed by atoms with E-state index in [1.54, 1.807) is 7.05 Å². The summed E-state index contributed by atoms with van der Waals surface area (Å²) in [6.07, 6.45) is 0.814. The molecule has 1 atom stereocenters. The first-order chi connectivity index (χ1) is 10.6. The van der Waals surface area contributed by atoms with Crippen LogP contribution in [0.3, 0.4) is 0 Å². The van der Waals surface area contributed by atoms with Crippen LogP contribution in [0.2, 0.25) is 0 Å². The smallest absolute Gasteiger partial charge is 0.346 e. The summed E-state index contributed by atoms with van der Waals surface area (Å²) in [7, 11) is 3.00. The Labute approximate surface area is 127 Å². The molecule has 0 amide bonds. The van der Waals surface area contributed by atoms with E-state index in [0.717, 1.165) is 16.7 Å². The maximum absolute atomic E-state index is 12.2. The van der Waals surface area contributed by atoms with Crippen molar-refractivity contribution >= 4 is 5.82 Å². The van der Waals surface area contributed by atoms with E-state index < -0.39 is 5.69 Å². The van der Waals surface area contributed by atoms with E-state index in [2.05, 4.69) is 5.10 Å². The number of aryl methyl sites for hydroxylation is 1. The molecule has 2 aromatic rings. The highest BCUT2D eigenvalue weighted by atomic mass is 16.5. The fraction of sp³-hybridized carbons (Fsp3) is 0.400. The van der Waals surface area contributed by atoms with Gasteiger partial charge < -0.3 is 9.64 Å². The summed E-state index contributed by atoms with van der Waals surface area (Å²) >= 11 is 0. The van der Waals surface area contributed by atoms with E-state index in [4.69, 9.17) is 4.74 Å². The molecule has 0 N–H and O–H groups in total. The Morgan fingerprint density at radius 3 is 2.64 bits per heavy atom. The van der Waals surface area contributed by atoms with Gasteiger partial charge in [-0.3, -0.25) is 9.36 Å². The minimum Gasteiger partial charge on any atom is -0.489 e. The van der Waals surface area contributed by atoms with Gasteiger partial charge in [-0.25, -0.2) is 9.48 Å². The van der Waals surface area contributed by atoms with Crippen molar-refractivity contribution in [2.75, 3.05) is 18.0 Å². The van der Waals surface area contributed by atoms with E-state index in [0.29, 0.717) is 18.9 Å². The van der Waals surface area contributed by atoms with Gasteiger partial charge in [0.2, 0.25) is 5.82 Å². The fourth-order valence-corrected chi connectivity index (χ4v) is 2.59. The fourth-order valence-electron chi connectivity index (χ4n) is 2.59. The molecule has 1 aliphatic rings. The van der Waals surface area contributed by atoms with Crippen molar-refractivity contribution in [3.05, 3.63) is 51.2 Å². The molecule has 1 aromatic carbocycles. The maximum Gasteiger partial charge on any atom is 0.346 e. The van der Waals surface area contributed by atoms with Gasteiger partial charge in [0.25, 0.3) is 5.56 Å². The van der Waals surface area contributed by atoms with Crippen molar-refractivity contribution < 1.29 is 4.74 Å². The van der Waals surface area contributed by atoms with Gasteiger partial charge in [-0.15, -0.1) is 5.10 Å². The molecule has 7 heteroatoms. The van der Waals surface area contributed by atoms with E-state index in [1.807, 2.05) is 35.2 Å². The third-order valence-corrected chi connectivity index (χ3v) is 3.79. The lowest BCUT2D eigenvalue weighted by molar-refractivity contribution is 0.225. The summed E-state index contributed by atoms with van der Waals surface area (Å²) in [5.41, 5.74) is -0.798. The number of rotatable bonds is 3. The van der Waals surface area contributed by atoms with Crippen LogP contribution in [0.5, 0.6) is 5.75 Å². The second kappa shape index (κ2) is 5.67. The summed E-state index contributed by atoms with van der Waals surface area (Å²) in [6.45, 7) is 1.26. The normalized spacial score (nSPS) is 17.7. The van der Waals surface area contributed by atoms with E-state index in [1.165, 1.54) is 11.7 Å². The summed E-state index contributed by atoms with van der Waals surface area (Å²) < 4.78 is 8.16. The minimum absolute atomic E-state index is 0.00569. The lowest BCUT2D eigenvalue weighted by Gasteiger charge is -2.18. The molecule has 0 saturated carbocycles. The van der Waals surface area contributed by atoms with Gasteiger partial charge in [0.05, 0.1) is 6.54 Å². The SMILES string of the molecule is Cn1nc(N2CCC(Oc3ccccc3)C2)c(=O)n(C)c1=O.